The Bertz CT molecular complexity index is 1890. The van der Waals surface area contributed by atoms with Gasteiger partial charge in [0.2, 0.25) is 11.8 Å². The fourth-order valence-electron chi connectivity index (χ4n) is 5.28. The van der Waals surface area contributed by atoms with Crippen LogP contribution in [0.4, 0.5) is 5.69 Å². The van der Waals surface area contributed by atoms with Crippen molar-refractivity contribution in [2.75, 3.05) is 44.2 Å². The molecule has 1 aliphatic heterocycles. The number of aryl methyl sites for hydroxylation is 1. The molecule has 0 atom stereocenters. The lowest BCUT2D eigenvalue weighted by atomic mass is 10.1. The number of carboxylic acids is 2. The molecule has 0 unspecified atom stereocenters. The van der Waals surface area contributed by atoms with E-state index >= 15 is 0 Å². The summed E-state index contributed by atoms with van der Waals surface area (Å²) in [6, 6.07) is 21.9. The van der Waals surface area contributed by atoms with Crippen LogP contribution in [-0.2, 0) is 20.8 Å². The first-order valence-electron chi connectivity index (χ1n) is 15.3. The molecule has 2 aromatic heterocycles. The highest BCUT2D eigenvalue weighted by atomic mass is 16.5. The zero-order valence-corrected chi connectivity index (χ0v) is 26.3. The molecule has 48 heavy (non-hydrogen) atoms. The minimum atomic E-state index is -1.26. The number of rotatable bonds is 10. The third-order valence-electron chi connectivity index (χ3n) is 7.80. The highest BCUT2D eigenvalue weighted by Gasteiger charge is 2.22. The minimum absolute atomic E-state index is 0.00723. The third kappa shape index (κ3) is 8.44. The number of carboxylic acid groups (broad SMARTS) is 2. The van der Waals surface area contributed by atoms with Gasteiger partial charge in [-0.3, -0.25) is 4.79 Å². The Morgan fingerprint density at radius 3 is 2.29 bits per heavy atom. The average molecular weight is 653 g/mol. The van der Waals surface area contributed by atoms with Gasteiger partial charge >= 0.3 is 11.9 Å². The number of ether oxygens (including phenoxy) is 1. The molecule has 5 aromatic rings. The number of hydrogen-bond donors (Lipinski definition) is 4. The van der Waals surface area contributed by atoms with Gasteiger partial charge in [-0.1, -0.05) is 18.2 Å². The highest BCUT2D eigenvalue weighted by Crippen LogP contribution is 2.28. The van der Waals surface area contributed by atoms with Crippen molar-refractivity contribution in [3.05, 3.63) is 96.2 Å². The lowest BCUT2D eigenvalue weighted by Crippen LogP contribution is -2.50. The Hall–Kier alpha value is -5.95. The van der Waals surface area contributed by atoms with E-state index in [1.54, 1.807) is 0 Å². The molecule has 1 aliphatic rings. The number of amides is 1. The summed E-state index contributed by atoms with van der Waals surface area (Å²) in [7, 11) is 0. The topological polar surface area (TPSA) is 188 Å². The molecule has 13 nitrogen and oxygen atoms in total. The molecule has 1 fully saturated rings. The van der Waals surface area contributed by atoms with Crippen LogP contribution in [0.1, 0.15) is 11.1 Å². The number of benzene rings is 3. The first-order chi connectivity index (χ1) is 23.2. The first kappa shape index (κ1) is 33.4. The first-order valence-corrected chi connectivity index (χ1v) is 15.3. The zero-order valence-electron chi connectivity index (χ0n) is 26.3. The van der Waals surface area contributed by atoms with Crippen LogP contribution >= 0.6 is 0 Å². The molecule has 3 aromatic carbocycles. The van der Waals surface area contributed by atoms with E-state index in [0.29, 0.717) is 49.3 Å². The van der Waals surface area contributed by atoms with Crippen molar-refractivity contribution in [3.63, 3.8) is 0 Å². The number of piperazine rings is 1. The maximum Gasteiger partial charge on any atom is 0.328 e. The van der Waals surface area contributed by atoms with Crippen LogP contribution in [-0.4, -0.2) is 87.5 Å². The molecule has 0 saturated carbocycles. The van der Waals surface area contributed by atoms with E-state index in [-0.39, 0.29) is 12.5 Å². The number of hydrogen-bond acceptors (Lipinski definition) is 9. The molecule has 13 heteroatoms. The Kier molecular flexibility index (Phi) is 10.8. The van der Waals surface area contributed by atoms with E-state index in [9.17, 15) is 14.4 Å². The normalized spacial score (nSPS) is 13.0. The summed E-state index contributed by atoms with van der Waals surface area (Å²) in [5.41, 5.74) is 11.9. The van der Waals surface area contributed by atoms with Gasteiger partial charge in [-0.25, -0.2) is 9.59 Å². The van der Waals surface area contributed by atoms with Crippen LogP contribution in [0, 0.1) is 6.92 Å². The van der Waals surface area contributed by atoms with Crippen LogP contribution in [0.2, 0.25) is 0 Å². The van der Waals surface area contributed by atoms with Crippen molar-refractivity contribution in [2.24, 2.45) is 5.73 Å². The molecule has 248 valence electrons. The second-order valence-corrected chi connectivity index (χ2v) is 11.0. The molecule has 3 heterocycles. The summed E-state index contributed by atoms with van der Waals surface area (Å²) < 4.78 is 11.8. The molecule has 0 spiro atoms. The summed E-state index contributed by atoms with van der Waals surface area (Å²) >= 11 is 0. The predicted molar refractivity (Wildman–Crippen MR) is 180 cm³/mol. The molecular weight excluding hydrogens is 616 g/mol. The number of carbonyl (C=O) groups is 3. The maximum atomic E-state index is 12.9. The third-order valence-corrected chi connectivity index (χ3v) is 7.80. The molecule has 0 aliphatic carbocycles. The van der Waals surface area contributed by atoms with Crippen LogP contribution in [0.15, 0.2) is 89.5 Å². The number of aliphatic carboxylic acids is 2. The second kappa shape index (κ2) is 15.6. The molecule has 5 N–H and O–H groups in total. The average Bonchev–Trinajstić information content (AvgIpc) is 3.75. The summed E-state index contributed by atoms with van der Waals surface area (Å²) in [5.74, 6) is -0.827. The number of nitrogens with zero attached hydrogens (tertiary/aromatic N) is 4. The lowest BCUT2D eigenvalue weighted by Gasteiger charge is -2.36. The minimum Gasteiger partial charge on any atom is -0.484 e. The number of aromatic nitrogens is 3. The number of H-pyrrole nitrogens is 1. The molecule has 6 rings (SSSR count). The Morgan fingerprint density at radius 2 is 1.62 bits per heavy atom. The van der Waals surface area contributed by atoms with E-state index < -0.39 is 11.9 Å². The van der Waals surface area contributed by atoms with E-state index in [1.165, 1.54) is 0 Å². The van der Waals surface area contributed by atoms with Gasteiger partial charge in [0.05, 0.1) is 0 Å². The number of anilines is 1. The van der Waals surface area contributed by atoms with Crippen molar-refractivity contribution < 1.29 is 33.8 Å². The SMILES string of the molecule is Cc1ccccc1-c1nnc(-c2ccc(N3CCN(C(=O)COc4ccc5[nH]cc(CCN)c5c4)CC3)cc2)o1.O=C(O)C=CC(=O)O. The van der Waals surface area contributed by atoms with E-state index in [4.69, 9.17) is 25.1 Å². The number of fused-ring (bicyclic) bond motifs is 1. The standard InChI is InChI=1S/C31H32N6O3.C4H4O4/c1-21-4-2-3-5-26(21)31-35-34-30(40-31)22-6-8-24(9-7-22)36-14-16-37(17-15-36)29(38)20-39-25-10-11-28-27(18-25)23(12-13-32)19-33-28;5-3(6)1-2-4(7)8/h2-11,18-19,33H,12-17,20,32H2,1H3;1-2H,(H,5,6)(H,7,8). The quantitative estimate of drug-likeness (QED) is 0.159. The lowest BCUT2D eigenvalue weighted by molar-refractivity contribution is -0.134. The van der Waals surface area contributed by atoms with Crippen LogP contribution < -0.4 is 15.4 Å². The predicted octanol–water partition coefficient (Wildman–Crippen LogP) is 4.13. The number of carbonyl (C=O) groups excluding carboxylic acids is 1. The van der Waals surface area contributed by atoms with Gasteiger partial charge in [0, 0.05) is 72.2 Å². The van der Waals surface area contributed by atoms with Gasteiger partial charge in [-0.15, -0.1) is 10.2 Å². The smallest absolute Gasteiger partial charge is 0.328 e. The maximum absolute atomic E-state index is 12.9. The monoisotopic (exact) mass is 652 g/mol. The van der Waals surface area contributed by atoms with Crippen LogP contribution in [0.25, 0.3) is 33.8 Å². The Labute approximate surface area is 276 Å². The molecule has 1 saturated heterocycles. The molecule has 1 amide bonds. The van der Waals surface area contributed by atoms with E-state index in [2.05, 4.69) is 32.2 Å². The molecule has 0 radical (unpaired) electrons. The van der Waals surface area contributed by atoms with Gasteiger partial charge in [0.15, 0.2) is 6.61 Å². The fourth-order valence-corrected chi connectivity index (χ4v) is 5.28. The largest absolute Gasteiger partial charge is 0.484 e. The summed E-state index contributed by atoms with van der Waals surface area (Å²) in [5, 5.41) is 25.2. The van der Waals surface area contributed by atoms with E-state index in [0.717, 1.165) is 58.4 Å². The summed E-state index contributed by atoms with van der Waals surface area (Å²) in [4.78, 5) is 39.4. The molecule has 0 bridgehead atoms. The summed E-state index contributed by atoms with van der Waals surface area (Å²) in [6.07, 6.45) is 3.89. The van der Waals surface area contributed by atoms with Gasteiger partial charge in [-0.05, 0) is 79.5 Å². The van der Waals surface area contributed by atoms with Crippen LogP contribution in [0.5, 0.6) is 5.75 Å². The van der Waals surface area contributed by atoms with Crippen molar-refractivity contribution in [1.82, 2.24) is 20.1 Å². The van der Waals surface area contributed by atoms with E-state index in [1.807, 2.05) is 72.6 Å². The molecular formula is C35H36N6O7. The van der Waals surface area contributed by atoms with Crippen molar-refractivity contribution >= 4 is 34.4 Å². The number of nitrogens with one attached hydrogen (secondary N) is 1. The van der Waals surface area contributed by atoms with Crippen molar-refractivity contribution in [3.8, 4) is 28.7 Å². The summed E-state index contributed by atoms with van der Waals surface area (Å²) in [6.45, 7) is 5.42. The zero-order chi connectivity index (χ0) is 34.0. The van der Waals surface area contributed by atoms with Gasteiger partial charge < -0.3 is 39.9 Å². The number of nitrogens with two attached hydrogens (primary N) is 1. The van der Waals surface area contributed by atoms with Crippen molar-refractivity contribution in [2.45, 2.75) is 13.3 Å². The second-order valence-electron chi connectivity index (χ2n) is 11.0. The van der Waals surface area contributed by atoms with Gasteiger partial charge in [-0.2, -0.15) is 0 Å². The van der Waals surface area contributed by atoms with Gasteiger partial charge in [0.25, 0.3) is 5.91 Å². The Morgan fingerprint density at radius 1 is 0.938 bits per heavy atom. The highest BCUT2D eigenvalue weighted by molar-refractivity contribution is 5.89. The Balaban J connectivity index is 0.000000503. The number of aromatic amines is 1. The van der Waals surface area contributed by atoms with Gasteiger partial charge in [0.1, 0.15) is 5.75 Å². The van der Waals surface area contributed by atoms with Crippen LogP contribution in [0.3, 0.4) is 0 Å². The fraction of sp³-hybridized carbons (Fsp3) is 0.229. The van der Waals surface area contributed by atoms with Crippen molar-refractivity contribution in [1.29, 1.82) is 0 Å².